The van der Waals surface area contributed by atoms with Crippen LogP contribution in [0, 0.1) is 6.92 Å². The molecule has 8 heteroatoms. The summed E-state index contributed by atoms with van der Waals surface area (Å²) in [5.41, 5.74) is 7.32. The average molecular weight is 324 g/mol. The fourth-order valence-corrected chi connectivity index (χ4v) is 2.29. The number of carbonyl (C=O) groups excluding carboxylic acids is 2. The van der Waals surface area contributed by atoms with Gasteiger partial charge >= 0.3 is 0 Å². The van der Waals surface area contributed by atoms with Crippen LogP contribution in [0.25, 0.3) is 11.4 Å². The van der Waals surface area contributed by atoms with Gasteiger partial charge in [0.1, 0.15) is 11.5 Å². The second-order valence-corrected chi connectivity index (χ2v) is 5.37. The number of hydrogen-bond donors (Lipinski definition) is 3. The van der Waals surface area contributed by atoms with Gasteiger partial charge in [-0.2, -0.15) is 5.10 Å². The van der Waals surface area contributed by atoms with Gasteiger partial charge in [0.05, 0.1) is 5.56 Å². The van der Waals surface area contributed by atoms with Gasteiger partial charge < -0.3 is 15.6 Å². The SMILES string of the molecule is Cc1nc(-c2ccc(NC(=O)c3cc(C(N)=O)cn3C)cc2)n[nH]1. The first-order chi connectivity index (χ1) is 11.4. The van der Waals surface area contributed by atoms with Crippen molar-refractivity contribution in [1.82, 2.24) is 19.7 Å². The first-order valence-corrected chi connectivity index (χ1v) is 7.21. The summed E-state index contributed by atoms with van der Waals surface area (Å²) in [6.45, 7) is 1.82. The zero-order valence-corrected chi connectivity index (χ0v) is 13.2. The van der Waals surface area contributed by atoms with Gasteiger partial charge in [-0.15, -0.1) is 0 Å². The van der Waals surface area contributed by atoms with Crippen LogP contribution in [0.15, 0.2) is 36.5 Å². The van der Waals surface area contributed by atoms with Gasteiger partial charge in [0, 0.05) is 24.5 Å². The van der Waals surface area contributed by atoms with Crippen molar-refractivity contribution in [2.45, 2.75) is 6.92 Å². The molecule has 0 bridgehead atoms. The van der Waals surface area contributed by atoms with E-state index in [1.54, 1.807) is 23.7 Å². The smallest absolute Gasteiger partial charge is 0.272 e. The average Bonchev–Trinajstić information content (AvgIpc) is 3.14. The van der Waals surface area contributed by atoms with Crippen molar-refractivity contribution in [1.29, 1.82) is 0 Å². The minimum Gasteiger partial charge on any atom is -0.366 e. The molecule has 0 radical (unpaired) electrons. The highest BCUT2D eigenvalue weighted by Gasteiger charge is 2.14. The lowest BCUT2D eigenvalue weighted by atomic mass is 10.2. The molecule has 24 heavy (non-hydrogen) atoms. The number of aromatic nitrogens is 4. The number of aromatic amines is 1. The Balaban J connectivity index is 1.76. The number of carbonyl (C=O) groups is 2. The van der Waals surface area contributed by atoms with E-state index in [0.29, 0.717) is 17.2 Å². The van der Waals surface area contributed by atoms with Crippen molar-refractivity contribution >= 4 is 17.5 Å². The molecule has 1 aromatic carbocycles. The van der Waals surface area contributed by atoms with E-state index in [-0.39, 0.29) is 11.5 Å². The fourth-order valence-electron chi connectivity index (χ4n) is 2.29. The van der Waals surface area contributed by atoms with Crippen molar-refractivity contribution in [2.75, 3.05) is 5.32 Å². The second kappa shape index (κ2) is 5.99. The zero-order chi connectivity index (χ0) is 17.3. The van der Waals surface area contributed by atoms with E-state index in [9.17, 15) is 9.59 Å². The number of nitrogens with one attached hydrogen (secondary N) is 2. The third kappa shape index (κ3) is 3.02. The number of rotatable bonds is 4. The minimum atomic E-state index is -0.573. The molecule has 0 saturated heterocycles. The Morgan fingerprint density at radius 1 is 1.25 bits per heavy atom. The molecule has 0 saturated carbocycles. The molecule has 0 unspecified atom stereocenters. The van der Waals surface area contributed by atoms with Crippen LogP contribution in [0.1, 0.15) is 26.7 Å². The predicted octanol–water partition coefficient (Wildman–Crippen LogP) is 1.47. The van der Waals surface area contributed by atoms with Crippen molar-refractivity contribution in [3.8, 4) is 11.4 Å². The highest BCUT2D eigenvalue weighted by molar-refractivity contribution is 6.05. The van der Waals surface area contributed by atoms with E-state index < -0.39 is 5.91 Å². The summed E-state index contributed by atoms with van der Waals surface area (Å²) < 4.78 is 1.56. The molecule has 8 nitrogen and oxygen atoms in total. The maximum atomic E-state index is 12.3. The Labute approximate surface area is 137 Å². The van der Waals surface area contributed by atoms with E-state index in [2.05, 4.69) is 20.5 Å². The molecule has 0 fully saturated rings. The Bertz CT molecular complexity index is 907. The lowest BCUT2D eigenvalue weighted by Gasteiger charge is -2.06. The molecule has 2 heterocycles. The van der Waals surface area contributed by atoms with Crippen molar-refractivity contribution in [3.05, 3.63) is 53.6 Å². The van der Waals surface area contributed by atoms with Crippen molar-refractivity contribution < 1.29 is 9.59 Å². The molecule has 122 valence electrons. The molecule has 0 atom stereocenters. The molecule has 0 aliphatic carbocycles. The molecule has 2 aromatic heterocycles. The van der Waals surface area contributed by atoms with Crippen LogP contribution in [-0.2, 0) is 7.05 Å². The number of aryl methyl sites for hydroxylation is 2. The maximum absolute atomic E-state index is 12.3. The minimum absolute atomic E-state index is 0.290. The third-order valence-electron chi connectivity index (χ3n) is 3.52. The number of anilines is 1. The van der Waals surface area contributed by atoms with E-state index in [1.807, 2.05) is 19.1 Å². The zero-order valence-electron chi connectivity index (χ0n) is 13.2. The highest BCUT2D eigenvalue weighted by Crippen LogP contribution is 2.18. The molecule has 0 aliphatic heterocycles. The summed E-state index contributed by atoms with van der Waals surface area (Å²) in [6.07, 6.45) is 1.52. The molecular formula is C16H16N6O2. The normalized spacial score (nSPS) is 10.6. The Hall–Kier alpha value is -3.42. The molecule has 3 aromatic rings. The van der Waals surface area contributed by atoms with Gasteiger partial charge in [-0.05, 0) is 37.3 Å². The van der Waals surface area contributed by atoms with E-state index >= 15 is 0 Å². The Morgan fingerprint density at radius 3 is 2.50 bits per heavy atom. The van der Waals surface area contributed by atoms with Crippen LogP contribution >= 0.6 is 0 Å². The van der Waals surface area contributed by atoms with E-state index in [1.165, 1.54) is 12.3 Å². The van der Waals surface area contributed by atoms with Crippen LogP contribution in [0.2, 0.25) is 0 Å². The van der Waals surface area contributed by atoms with Crippen LogP contribution in [0.4, 0.5) is 5.69 Å². The summed E-state index contributed by atoms with van der Waals surface area (Å²) in [4.78, 5) is 27.7. The van der Waals surface area contributed by atoms with Crippen LogP contribution in [-0.4, -0.2) is 31.6 Å². The summed E-state index contributed by atoms with van der Waals surface area (Å²) in [5.74, 6) is 0.428. The van der Waals surface area contributed by atoms with Crippen molar-refractivity contribution in [2.24, 2.45) is 12.8 Å². The number of nitrogens with zero attached hydrogens (tertiary/aromatic N) is 3. The standard InChI is InChI=1S/C16H16N6O2/c1-9-18-15(21-20-9)10-3-5-12(6-4-10)19-16(24)13-7-11(14(17)23)8-22(13)2/h3-8H,1-2H3,(H2,17,23)(H,19,24)(H,18,20,21). The first-order valence-electron chi connectivity index (χ1n) is 7.21. The maximum Gasteiger partial charge on any atom is 0.272 e. The number of primary amides is 1. The first kappa shape index (κ1) is 15.5. The molecule has 4 N–H and O–H groups in total. The number of nitrogens with two attached hydrogens (primary N) is 1. The monoisotopic (exact) mass is 324 g/mol. The van der Waals surface area contributed by atoms with Gasteiger partial charge in [-0.1, -0.05) is 0 Å². The van der Waals surface area contributed by atoms with Gasteiger partial charge in [0.15, 0.2) is 5.82 Å². The van der Waals surface area contributed by atoms with Crippen LogP contribution in [0.5, 0.6) is 0 Å². The van der Waals surface area contributed by atoms with Gasteiger partial charge in [0.2, 0.25) is 5.91 Å². The Kier molecular flexibility index (Phi) is 3.87. The molecule has 0 aliphatic rings. The molecule has 0 spiro atoms. The highest BCUT2D eigenvalue weighted by atomic mass is 16.2. The third-order valence-corrected chi connectivity index (χ3v) is 3.52. The fraction of sp³-hybridized carbons (Fsp3) is 0.125. The predicted molar refractivity (Wildman–Crippen MR) is 88.4 cm³/mol. The number of H-pyrrole nitrogens is 1. The number of hydrogen-bond acceptors (Lipinski definition) is 4. The second-order valence-electron chi connectivity index (χ2n) is 5.37. The topological polar surface area (TPSA) is 119 Å². The van der Waals surface area contributed by atoms with Gasteiger partial charge in [-0.3, -0.25) is 14.7 Å². The summed E-state index contributed by atoms with van der Waals surface area (Å²) in [5, 5.41) is 9.64. The molecule has 2 amide bonds. The summed E-state index contributed by atoms with van der Waals surface area (Å²) in [6, 6.07) is 8.62. The number of amides is 2. The summed E-state index contributed by atoms with van der Waals surface area (Å²) in [7, 11) is 1.68. The van der Waals surface area contributed by atoms with Crippen LogP contribution < -0.4 is 11.1 Å². The molecular weight excluding hydrogens is 308 g/mol. The van der Waals surface area contributed by atoms with Gasteiger partial charge in [0.25, 0.3) is 5.91 Å². The Morgan fingerprint density at radius 2 is 1.96 bits per heavy atom. The van der Waals surface area contributed by atoms with E-state index in [0.717, 1.165) is 11.4 Å². The summed E-state index contributed by atoms with van der Waals surface area (Å²) >= 11 is 0. The number of benzene rings is 1. The molecule has 3 rings (SSSR count). The van der Waals surface area contributed by atoms with Gasteiger partial charge in [-0.25, -0.2) is 4.98 Å². The lowest BCUT2D eigenvalue weighted by Crippen LogP contribution is -2.15. The largest absolute Gasteiger partial charge is 0.366 e. The lowest BCUT2D eigenvalue weighted by molar-refractivity contribution is 0.0998. The van der Waals surface area contributed by atoms with Crippen LogP contribution in [0.3, 0.4) is 0 Å². The van der Waals surface area contributed by atoms with E-state index in [4.69, 9.17) is 5.73 Å². The van der Waals surface area contributed by atoms with Crippen molar-refractivity contribution in [3.63, 3.8) is 0 Å². The quantitative estimate of drug-likeness (QED) is 0.673.